The normalized spacial score (nSPS) is 10.6. The number of ether oxygens (including phenoxy) is 1. The standard InChI is InChI=1S/C20H20N2O3/c1-3-14-5-4-6-16-18(14)21-12-17(19(16)23)20(24)22-11-13-7-9-15(25-2)10-8-13/h4-10,12H,3,11H2,1-2H3,(H,21,23)(H,22,24). The molecule has 3 rings (SSSR count). The zero-order chi connectivity index (χ0) is 17.8. The number of amides is 1. The minimum absolute atomic E-state index is 0.120. The van der Waals surface area contributed by atoms with Gasteiger partial charge in [0.05, 0.1) is 12.6 Å². The van der Waals surface area contributed by atoms with Crippen molar-refractivity contribution in [2.45, 2.75) is 19.9 Å². The molecule has 5 heteroatoms. The van der Waals surface area contributed by atoms with Crippen LogP contribution in [0.3, 0.4) is 0 Å². The highest BCUT2D eigenvalue weighted by Crippen LogP contribution is 2.15. The Morgan fingerprint density at radius 1 is 1.16 bits per heavy atom. The topological polar surface area (TPSA) is 71.2 Å². The first-order valence-electron chi connectivity index (χ1n) is 8.18. The first kappa shape index (κ1) is 16.8. The maximum atomic E-state index is 12.6. The molecule has 3 aromatic rings. The Balaban J connectivity index is 1.82. The van der Waals surface area contributed by atoms with Gasteiger partial charge >= 0.3 is 0 Å². The second kappa shape index (κ2) is 7.21. The third-order valence-corrected chi connectivity index (χ3v) is 4.24. The van der Waals surface area contributed by atoms with Crippen molar-refractivity contribution in [1.82, 2.24) is 10.3 Å². The van der Waals surface area contributed by atoms with Crippen molar-refractivity contribution >= 4 is 16.8 Å². The highest BCUT2D eigenvalue weighted by molar-refractivity contribution is 5.97. The SMILES string of the molecule is CCc1cccc2c(=O)c(C(=O)NCc3ccc(OC)cc3)c[nH]c12. The zero-order valence-electron chi connectivity index (χ0n) is 14.3. The lowest BCUT2D eigenvalue weighted by Gasteiger charge is -2.08. The number of rotatable bonds is 5. The molecule has 1 amide bonds. The molecule has 128 valence electrons. The van der Waals surface area contributed by atoms with E-state index in [1.54, 1.807) is 13.2 Å². The van der Waals surface area contributed by atoms with E-state index < -0.39 is 0 Å². The largest absolute Gasteiger partial charge is 0.497 e. The molecule has 0 saturated heterocycles. The number of aryl methyl sites for hydroxylation is 1. The quantitative estimate of drug-likeness (QED) is 0.752. The van der Waals surface area contributed by atoms with Gasteiger partial charge in [0.25, 0.3) is 5.91 Å². The van der Waals surface area contributed by atoms with E-state index in [1.165, 1.54) is 6.20 Å². The summed E-state index contributed by atoms with van der Waals surface area (Å²) in [6.07, 6.45) is 2.31. The minimum Gasteiger partial charge on any atom is -0.497 e. The fourth-order valence-electron chi connectivity index (χ4n) is 2.80. The van der Waals surface area contributed by atoms with E-state index in [-0.39, 0.29) is 16.9 Å². The highest BCUT2D eigenvalue weighted by atomic mass is 16.5. The van der Waals surface area contributed by atoms with Gasteiger partial charge in [-0.05, 0) is 35.7 Å². The first-order chi connectivity index (χ1) is 12.1. The molecular weight excluding hydrogens is 316 g/mol. The van der Waals surface area contributed by atoms with E-state index in [0.717, 1.165) is 28.8 Å². The molecule has 0 saturated carbocycles. The van der Waals surface area contributed by atoms with Gasteiger partial charge in [-0.1, -0.05) is 31.2 Å². The van der Waals surface area contributed by atoms with Gasteiger partial charge in [0.1, 0.15) is 11.3 Å². The van der Waals surface area contributed by atoms with E-state index in [1.807, 2.05) is 43.3 Å². The smallest absolute Gasteiger partial charge is 0.257 e. The molecule has 0 spiro atoms. The van der Waals surface area contributed by atoms with Gasteiger partial charge in [-0.25, -0.2) is 0 Å². The van der Waals surface area contributed by atoms with Gasteiger partial charge < -0.3 is 15.0 Å². The molecule has 25 heavy (non-hydrogen) atoms. The molecule has 1 heterocycles. The Hall–Kier alpha value is -3.08. The van der Waals surface area contributed by atoms with Gasteiger partial charge in [-0.15, -0.1) is 0 Å². The first-order valence-corrected chi connectivity index (χ1v) is 8.18. The number of benzene rings is 2. The Labute approximate surface area is 145 Å². The average molecular weight is 336 g/mol. The number of hydrogen-bond donors (Lipinski definition) is 2. The second-order valence-corrected chi connectivity index (χ2v) is 5.76. The van der Waals surface area contributed by atoms with Crippen LogP contribution in [-0.4, -0.2) is 18.0 Å². The summed E-state index contributed by atoms with van der Waals surface area (Å²) in [7, 11) is 1.60. The fourth-order valence-corrected chi connectivity index (χ4v) is 2.80. The van der Waals surface area contributed by atoms with E-state index >= 15 is 0 Å². The molecule has 1 aromatic heterocycles. The number of hydrogen-bond acceptors (Lipinski definition) is 3. The summed E-state index contributed by atoms with van der Waals surface area (Å²) in [6.45, 7) is 2.37. The summed E-state index contributed by atoms with van der Waals surface area (Å²) < 4.78 is 5.11. The number of carbonyl (C=O) groups is 1. The van der Waals surface area contributed by atoms with E-state index in [0.29, 0.717) is 11.9 Å². The molecule has 5 nitrogen and oxygen atoms in total. The van der Waals surface area contributed by atoms with E-state index in [9.17, 15) is 9.59 Å². The lowest BCUT2D eigenvalue weighted by Crippen LogP contribution is -2.28. The second-order valence-electron chi connectivity index (χ2n) is 5.76. The molecule has 2 aromatic carbocycles. The van der Waals surface area contributed by atoms with Crippen LogP contribution < -0.4 is 15.5 Å². The number of H-pyrrole nitrogens is 1. The molecule has 0 unspecified atom stereocenters. The van der Waals surface area contributed by atoms with E-state index in [4.69, 9.17) is 4.74 Å². The predicted octanol–water partition coefficient (Wildman–Crippen LogP) is 3.03. The van der Waals surface area contributed by atoms with Crippen LogP contribution in [0.15, 0.2) is 53.5 Å². The van der Waals surface area contributed by atoms with Crippen LogP contribution in [0.2, 0.25) is 0 Å². The van der Waals surface area contributed by atoms with Crippen LogP contribution >= 0.6 is 0 Å². The van der Waals surface area contributed by atoms with Crippen LogP contribution in [0.25, 0.3) is 10.9 Å². The van der Waals surface area contributed by atoms with Crippen LogP contribution in [0.1, 0.15) is 28.4 Å². The summed E-state index contributed by atoms with van der Waals surface area (Å²) in [6, 6.07) is 13.0. The maximum Gasteiger partial charge on any atom is 0.257 e. The Bertz CT molecular complexity index is 959. The lowest BCUT2D eigenvalue weighted by atomic mass is 10.1. The van der Waals surface area contributed by atoms with Gasteiger partial charge in [-0.3, -0.25) is 9.59 Å². The van der Waals surface area contributed by atoms with Gasteiger partial charge in [0, 0.05) is 18.1 Å². The number of pyridine rings is 1. The van der Waals surface area contributed by atoms with Crippen molar-refractivity contribution in [3.63, 3.8) is 0 Å². The van der Waals surface area contributed by atoms with Crippen molar-refractivity contribution < 1.29 is 9.53 Å². The molecule has 0 aliphatic heterocycles. The molecular formula is C20H20N2O3. The molecule has 0 fully saturated rings. The average Bonchev–Trinajstić information content (AvgIpc) is 2.66. The fraction of sp³-hybridized carbons (Fsp3) is 0.200. The van der Waals surface area contributed by atoms with Gasteiger partial charge in [0.15, 0.2) is 0 Å². The minimum atomic E-state index is -0.388. The highest BCUT2D eigenvalue weighted by Gasteiger charge is 2.13. The summed E-state index contributed by atoms with van der Waals surface area (Å²) in [5.41, 5.74) is 2.65. The summed E-state index contributed by atoms with van der Waals surface area (Å²) >= 11 is 0. The van der Waals surface area contributed by atoms with Crippen molar-refractivity contribution in [3.8, 4) is 5.75 Å². The number of carbonyl (C=O) groups excluding carboxylic acids is 1. The number of fused-ring (bicyclic) bond motifs is 1. The third kappa shape index (κ3) is 3.40. The summed E-state index contributed by atoms with van der Waals surface area (Å²) in [5, 5.41) is 3.33. The van der Waals surface area contributed by atoms with Crippen molar-refractivity contribution in [2.24, 2.45) is 0 Å². The van der Waals surface area contributed by atoms with Crippen LogP contribution in [0.4, 0.5) is 0 Å². The number of aromatic nitrogens is 1. The van der Waals surface area contributed by atoms with Crippen LogP contribution in [0, 0.1) is 0 Å². The number of methoxy groups -OCH3 is 1. The Kier molecular flexibility index (Phi) is 4.84. The van der Waals surface area contributed by atoms with Crippen molar-refractivity contribution in [2.75, 3.05) is 7.11 Å². The van der Waals surface area contributed by atoms with E-state index in [2.05, 4.69) is 10.3 Å². The van der Waals surface area contributed by atoms with Crippen molar-refractivity contribution in [3.05, 3.63) is 75.6 Å². The molecule has 0 aliphatic rings. The summed E-state index contributed by atoms with van der Waals surface area (Å²) in [4.78, 5) is 28.1. The molecule has 0 bridgehead atoms. The number of para-hydroxylation sites is 1. The maximum absolute atomic E-state index is 12.6. The number of aromatic amines is 1. The van der Waals surface area contributed by atoms with Gasteiger partial charge in [-0.2, -0.15) is 0 Å². The molecule has 2 N–H and O–H groups in total. The zero-order valence-corrected chi connectivity index (χ0v) is 14.3. The molecule has 0 radical (unpaired) electrons. The summed E-state index contributed by atoms with van der Waals surface area (Å²) in [5.74, 6) is 0.369. The molecule has 0 aliphatic carbocycles. The Morgan fingerprint density at radius 3 is 2.60 bits per heavy atom. The van der Waals surface area contributed by atoms with Gasteiger partial charge in [0.2, 0.25) is 5.43 Å². The monoisotopic (exact) mass is 336 g/mol. The third-order valence-electron chi connectivity index (χ3n) is 4.24. The van der Waals surface area contributed by atoms with Crippen molar-refractivity contribution in [1.29, 1.82) is 0 Å². The van der Waals surface area contributed by atoms with Crippen LogP contribution in [0.5, 0.6) is 5.75 Å². The lowest BCUT2D eigenvalue weighted by molar-refractivity contribution is 0.0949. The predicted molar refractivity (Wildman–Crippen MR) is 98.1 cm³/mol. The Morgan fingerprint density at radius 2 is 1.92 bits per heavy atom. The molecule has 0 atom stereocenters. The van der Waals surface area contributed by atoms with Crippen LogP contribution in [-0.2, 0) is 13.0 Å². The number of nitrogens with one attached hydrogen (secondary N) is 2.